The van der Waals surface area contributed by atoms with Crippen molar-refractivity contribution >= 4 is 28.5 Å². The Hall–Kier alpha value is -2.92. The zero-order valence-electron chi connectivity index (χ0n) is 16.9. The third-order valence-corrected chi connectivity index (χ3v) is 5.82. The van der Waals surface area contributed by atoms with Crippen molar-refractivity contribution in [3.8, 4) is 29.2 Å². The molecule has 3 N–H and O–H groups in total. The van der Waals surface area contributed by atoms with E-state index in [9.17, 15) is 9.50 Å². The monoisotopic (exact) mass is 440 g/mol. The molecule has 6 nitrogen and oxygen atoms in total. The first-order chi connectivity index (χ1) is 15.0. The second-order valence-electron chi connectivity index (χ2n) is 7.43. The number of ether oxygens (including phenoxy) is 1. The summed E-state index contributed by atoms with van der Waals surface area (Å²) in [6.45, 7) is 0. The molecular weight excluding hydrogens is 419 g/mol. The Morgan fingerprint density at radius 2 is 2.10 bits per heavy atom. The Morgan fingerprint density at radius 3 is 2.87 bits per heavy atom. The molecule has 0 radical (unpaired) electrons. The van der Waals surface area contributed by atoms with Crippen LogP contribution in [0.4, 0.5) is 10.3 Å². The summed E-state index contributed by atoms with van der Waals surface area (Å²) in [5.74, 6) is 2.38. The average molecular weight is 441 g/mol. The first kappa shape index (κ1) is 21.3. The van der Waals surface area contributed by atoms with E-state index in [2.05, 4.69) is 26.5 Å². The van der Waals surface area contributed by atoms with Crippen molar-refractivity contribution in [3.05, 3.63) is 47.4 Å². The van der Waals surface area contributed by atoms with Crippen LogP contribution in [0.25, 0.3) is 22.0 Å². The second kappa shape index (κ2) is 9.06. The van der Waals surface area contributed by atoms with E-state index in [1.54, 1.807) is 30.5 Å². The largest absolute Gasteiger partial charge is 0.494 e. The van der Waals surface area contributed by atoms with Crippen LogP contribution in [0.5, 0.6) is 5.75 Å². The van der Waals surface area contributed by atoms with Gasteiger partial charge in [0.1, 0.15) is 0 Å². The number of methoxy groups -OCH3 is 1. The van der Waals surface area contributed by atoms with Crippen LogP contribution < -0.4 is 15.4 Å². The van der Waals surface area contributed by atoms with Gasteiger partial charge in [-0.2, -0.15) is 0 Å². The van der Waals surface area contributed by atoms with Gasteiger partial charge in [-0.1, -0.05) is 23.6 Å². The van der Waals surface area contributed by atoms with Gasteiger partial charge in [0.25, 0.3) is 0 Å². The second-order valence-corrected chi connectivity index (χ2v) is 7.84. The summed E-state index contributed by atoms with van der Waals surface area (Å²) in [7, 11) is 1.41. The summed E-state index contributed by atoms with van der Waals surface area (Å²) in [6, 6.07) is 8.57. The summed E-state index contributed by atoms with van der Waals surface area (Å²) in [5.41, 5.74) is 1.60. The number of benzene rings is 2. The molecule has 3 aromatic rings. The van der Waals surface area contributed by atoms with E-state index in [4.69, 9.17) is 22.8 Å². The average Bonchev–Trinajstić information content (AvgIpc) is 3.20. The molecule has 0 bridgehead atoms. The Bertz CT molecular complexity index is 1150. The van der Waals surface area contributed by atoms with E-state index < -0.39 is 12.0 Å². The summed E-state index contributed by atoms with van der Waals surface area (Å²) in [4.78, 5) is 8.99. The predicted molar refractivity (Wildman–Crippen MR) is 120 cm³/mol. The Balaban J connectivity index is 1.59. The Kier molecular flexibility index (Phi) is 6.23. The lowest BCUT2D eigenvalue weighted by Gasteiger charge is -2.23. The van der Waals surface area contributed by atoms with E-state index in [0.717, 1.165) is 24.6 Å². The van der Waals surface area contributed by atoms with Crippen molar-refractivity contribution in [1.29, 1.82) is 0 Å². The molecule has 31 heavy (non-hydrogen) atoms. The zero-order valence-corrected chi connectivity index (χ0v) is 17.7. The van der Waals surface area contributed by atoms with Gasteiger partial charge in [0.05, 0.1) is 17.6 Å². The number of hydrogen-bond donors (Lipinski definition) is 3. The number of aliphatic hydroxyl groups is 1. The van der Waals surface area contributed by atoms with Gasteiger partial charge in [-0.25, -0.2) is 14.4 Å². The lowest BCUT2D eigenvalue weighted by atomic mass is 10.0. The van der Waals surface area contributed by atoms with Crippen LogP contribution in [0.1, 0.15) is 19.3 Å². The quantitative estimate of drug-likeness (QED) is 0.397. The zero-order chi connectivity index (χ0) is 22.0. The topological polar surface area (TPSA) is 79.3 Å². The fourth-order valence-electron chi connectivity index (χ4n) is 3.96. The Morgan fingerprint density at radius 1 is 1.29 bits per heavy atom. The molecule has 2 aromatic carbocycles. The van der Waals surface area contributed by atoms with Gasteiger partial charge in [0.2, 0.25) is 5.95 Å². The molecule has 3 unspecified atom stereocenters. The number of terminal acetylenes is 1. The highest BCUT2D eigenvalue weighted by Crippen LogP contribution is 2.36. The van der Waals surface area contributed by atoms with E-state index in [1.807, 2.05) is 0 Å². The molecule has 1 saturated carbocycles. The molecule has 1 aliphatic carbocycles. The van der Waals surface area contributed by atoms with Crippen LogP contribution in [-0.2, 0) is 0 Å². The van der Waals surface area contributed by atoms with Gasteiger partial charge in [-0.15, -0.1) is 6.42 Å². The summed E-state index contributed by atoms with van der Waals surface area (Å²) < 4.78 is 19.8. The Labute approximate surface area is 184 Å². The van der Waals surface area contributed by atoms with Crippen molar-refractivity contribution in [2.75, 3.05) is 12.4 Å². The van der Waals surface area contributed by atoms with E-state index in [1.165, 1.54) is 13.2 Å². The SMILES string of the molecule is C#CC(O)NC1CCCC1Nc1ncc2cc(-c3c(Cl)ccc(OC)c3F)ccc2n1. The third-order valence-electron chi connectivity index (χ3n) is 5.50. The first-order valence-corrected chi connectivity index (χ1v) is 10.3. The summed E-state index contributed by atoms with van der Waals surface area (Å²) >= 11 is 6.25. The molecule has 0 spiro atoms. The maximum absolute atomic E-state index is 14.8. The lowest BCUT2D eigenvalue weighted by Crippen LogP contribution is -2.45. The van der Waals surface area contributed by atoms with Gasteiger partial charge < -0.3 is 15.2 Å². The first-order valence-electron chi connectivity index (χ1n) is 9.96. The van der Waals surface area contributed by atoms with Gasteiger partial charge >= 0.3 is 0 Å². The van der Waals surface area contributed by atoms with Crippen LogP contribution in [-0.4, -0.2) is 40.5 Å². The molecule has 0 amide bonds. The minimum absolute atomic E-state index is 0.0332. The van der Waals surface area contributed by atoms with Crippen LogP contribution in [0.15, 0.2) is 36.5 Å². The van der Waals surface area contributed by atoms with Gasteiger partial charge in [-0.05, 0) is 49.1 Å². The fourth-order valence-corrected chi connectivity index (χ4v) is 4.22. The number of aromatic nitrogens is 2. The summed E-state index contributed by atoms with van der Waals surface area (Å²) in [6.07, 6.45) is 8.79. The van der Waals surface area contributed by atoms with Crippen LogP contribution in [0, 0.1) is 18.2 Å². The molecule has 0 saturated heterocycles. The number of hydrogen-bond acceptors (Lipinski definition) is 6. The standard InChI is InChI=1S/C23H22ClFN4O2/c1-3-20(30)27-17-5-4-6-18(17)29-23-26-12-14-11-13(7-9-16(14)28-23)21-15(24)8-10-19(31-2)22(21)25/h1,7-12,17-18,20,27,30H,4-6H2,2H3,(H,26,28,29). The van der Waals surface area contributed by atoms with Gasteiger partial charge in [-0.3, -0.25) is 5.32 Å². The number of anilines is 1. The maximum Gasteiger partial charge on any atom is 0.223 e. The molecule has 1 aromatic heterocycles. The number of nitrogens with one attached hydrogen (secondary N) is 2. The minimum atomic E-state index is -0.979. The van der Waals surface area contributed by atoms with Gasteiger partial charge in [0, 0.05) is 29.2 Å². The molecule has 1 aliphatic rings. The molecule has 1 fully saturated rings. The van der Waals surface area contributed by atoms with E-state index in [-0.39, 0.29) is 23.4 Å². The van der Waals surface area contributed by atoms with Crippen LogP contribution in [0.2, 0.25) is 5.02 Å². The smallest absolute Gasteiger partial charge is 0.223 e. The lowest BCUT2D eigenvalue weighted by molar-refractivity contribution is 0.174. The maximum atomic E-state index is 14.8. The third kappa shape index (κ3) is 4.42. The van der Waals surface area contributed by atoms with E-state index in [0.29, 0.717) is 22.1 Å². The van der Waals surface area contributed by atoms with Crippen molar-refractivity contribution < 1.29 is 14.2 Å². The number of rotatable bonds is 6. The number of aliphatic hydroxyl groups excluding tert-OH is 1. The highest BCUT2D eigenvalue weighted by atomic mass is 35.5. The van der Waals surface area contributed by atoms with Crippen LogP contribution in [0.3, 0.4) is 0 Å². The minimum Gasteiger partial charge on any atom is -0.494 e. The molecule has 3 atom stereocenters. The molecule has 8 heteroatoms. The van der Waals surface area contributed by atoms with Crippen molar-refractivity contribution in [3.63, 3.8) is 0 Å². The fraction of sp³-hybridized carbons (Fsp3) is 0.304. The highest BCUT2D eigenvalue weighted by molar-refractivity contribution is 6.33. The van der Waals surface area contributed by atoms with Gasteiger partial charge in [0.15, 0.2) is 17.8 Å². The number of nitrogens with zero attached hydrogens (tertiary/aromatic N) is 2. The molecule has 1 heterocycles. The summed E-state index contributed by atoms with van der Waals surface area (Å²) in [5, 5.41) is 17.1. The number of halogens is 2. The number of fused-ring (bicyclic) bond motifs is 1. The predicted octanol–water partition coefficient (Wildman–Crippen LogP) is 3.97. The molecule has 0 aliphatic heterocycles. The van der Waals surface area contributed by atoms with E-state index >= 15 is 0 Å². The highest BCUT2D eigenvalue weighted by Gasteiger charge is 2.28. The van der Waals surface area contributed by atoms with Crippen LogP contribution >= 0.6 is 11.6 Å². The van der Waals surface area contributed by atoms with Crippen molar-refractivity contribution in [2.45, 2.75) is 37.6 Å². The normalized spacial score (nSPS) is 19.2. The van der Waals surface area contributed by atoms with Crippen molar-refractivity contribution in [2.24, 2.45) is 0 Å². The molecule has 4 rings (SSSR count). The molecular formula is C23H22ClFN4O2. The van der Waals surface area contributed by atoms with Crippen molar-refractivity contribution in [1.82, 2.24) is 15.3 Å². The molecule has 160 valence electrons.